The van der Waals surface area contributed by atoms with Crippen LogP contribution in [0.4, 0.5) is 10.5 Å². The summed E-state index contributed by atoms with van der Waals surface area (Å²) in [6.45, 7) is 9.26. The summed E-state index contributed by atoms with van der Waals surface area (Å²) < 4.78 is 24.0. The van der Waals surface area contributed by atoms with Gasteiger partial charge >= 0.3 is 12.1 Å². The van der Waals surface area contributed by atoms with Gasteiger partial charge in [0.15, 0.2) is 5.84 Å². The first-order chi connectivity index (χ1) is 33.5. The summed E-state index contributed by atoms with van der Waals surface area (Å²) >= 11 is 0. The van der Waals surface area contributed by atoms with Gasteiger partial charge in [-0.25, -0.2) is 14.6 Å². The molecule has 0 saturated heterocycles. The van der Waals surface area contributed by atoms with E-state index in [-0.39, 0.29) is 29.6 Å². The molecule has 15 nitrogen and oxygen atoms in total. The van der Waals surface area contributed by atoms with Gasteiger partial charge in [0.2, 0.25) is 0 Å². The Bertz CT molecular complexity index is 3050. The number of hydrogen-bond donors (Lipinski definition) is 1. The predicted molar refractivity (Wildman–Crippen MR) is 263 cm³/mol. The molecule has 0 fully saturated rings. The third-order valence-electron chi connectivity index (χ3n) is 11.3. The molecule has 0 aliphatic carbocycles. The Morgan fingerprint density at radius 3 is 1.86 bits per heavy atom. The third-order valence-corrected chi connectivity index (χ3v) is 11.3. The number of esters is 1. The molecule has 0 aliphatic heterocycles. The van der Waals surface area contributed by atoms with Crippen LogP contribution in [0.2, 0.25) is 0 Å². The van der Waals surface area contributed by atoms with Crippen molar-refractivity contribution < 1.29 is 33.5 Å². The van der Waals surface area contributed by atoms with E-state index in [1.54, 1.807) is 27.8 Å². The molecule has 15 heteroatoms. The Balaban J connectivity index is 1.10. The zero-order valence-electron chi connectivity index (χ0n) is 38.0. The van der Waals surface area contributed by atoms with Crippen molar-refractivity contribution in [2.45, 2.75) is 38.6 Å². The number of carbonyl (C=O) groups excluding carboxylic acids is 2. The topological polar surface area (TPSA) is 186 Å². The van der Waals surface area contributed by atoms with Gasteiger partial charge in [-0.2, -0.15) is 15.2 Å². The smallest absolute Gasteiger partial charge is 0.465 e. The molecule has 0 spiro atoms. The Hall–Kier alpha value is -9.11. The van der Waals surface area contributed by atoms with E-state index in [4.69, 9.17) is 34.9 Å². The van der Waals surface area contributed by atoms with Gasteiger partial charge in [-0.3, -0.25) is 14.7 Å². The molecule has 0 amide bonds. The number of fused-ring (bicyclic) bond motifs is 1. The molecule has 8 aromatic rings. The molecular weight excluding hydrogens is 875 g/mol. The molecule has 7 aromatic carbocycles. The van der Waals surface area contributed by atoms with Crippen molar-refractivity contribution >= 4 is 41.4 Å². The molecule has 0 atom stereocenters. The number of non-ortho nitro benzene ring substituents is 1. The fourth-order valence-corrected chi connectivity index (χ4v) is 8.34. The molecule has 2 N–H and O–H groups in total. The molecule has 346 valence electrons. The number of hydrogen-bond acceptors (Lipinski definition) is 12. The standard InChI is InChI=1S/C54H47N7O8/c1-5-66-51-57-47-27-17-26-46(50(62)68-53(2,3)69-52(63)67-43-34-32-42(33-35-43)61(64)65)48(47)59(51)36-37-28-30-38(31-29-37)44-24-15-16-25-45(44)49(58-55)60(56-4)54(39-18-9-6-10-19-39,40-20-11-7-12-21-40)41-22-13-8-14-23-41/h6-35H,4-5,36,55H2,1-3H3/b58-49-. The van der Waals surface area contributed by atoms with Gasteiger partial charge in [0, 0.05) is 38.3 Å². The van der Waals surface area contributed by atoms with E-state index in [1.807, 2.05) is 110 Å². The summed E-state index contributed by atoms with van der Waals surface area (Å²) in [4.78, 5) is 41.8. The minimum Gasteiger partial charge on any atom is -0.465 e. The van der Waals surface area contributed by atoms with E-state index >= 15 is 0 Å². The monoisotopic (exact) mass is 921 g/mol. The maximum absolute atomic E-state index is 13.9. The van der Waals surface area contributed by atoms with Crippen molar-refractivity contribution in [2.75, 3.05) is 6.61 Å². The van der Waals surface area contributed by atoms with E-state index in [1.165, 1.54) is 38.1 Å². The Morgan fingerprint density at radius 1 is 0.739 bits per heavy atom. The normalized spacial score (nSPS) is 11.7. The minimum atomic E-state index is -1.80. The third kappa shape index (κ3) is 9.60. The van der Waals surface area contributed by atoms with Crippen LogP contribution in [0.3, 0.4) is 0 Å². The second-order valence-corrected chi connectivity index (χ2v) is 16.0. The number of para-hydroxylation sites is 1. The van der Waals surface area contributed by atoms with Crippen molar-refractivity contribution in [3.8, 4) is 22.9 Å². The molecule has 0 bridgehead atoms. The fourth-order valence-electron chi connectivity index (χ4n) is 8.34. The average molecular weight is 922 g/mol. The molecule has 69 heavy (non-hydrogen) atoms. The predicted octanol–water partition coefficient (Wildman–Crippen LogP) is 10.7. The largest absolute Gasteiger partial charge is 0.517 e. The number of carbonyl (C=O) groups is 2. The first kappa shape index (κ1) is 46.4. The van der Waals surface area contributed by atoms with Crippen LogP contribution in [0.5, 0.6) is 11.8 Å². The van der Waals surface area contributed by atoms with Gasteiger partial charge in [0.05, 0.1) is 34.7 Å². The number of benzene rings is 7. The van der Waals surface area contributed by atoms with E-state index in [9.17, 15) is 19.7 Å². The molecule has 1 aromatic heterocycles. The number of rotatable bonds is 16. The lowest BCUT2D eigenvalue weighted by Gasteiger charge is -2.43. The van der Waals surface area contributed by atoms with Gasteiger partial charge in [0.25, 0.3) is 17.5 Å². The Kier molecular flexibility index (Phi) is 13.6. The van der Waals surface area contributed by atoms with Crippen LogP contribution in [-0.2, 0) is 21.6 Å². The summed E-state index contributed by atoms with van der Waals surface area (Å²) in [5.74, 6) is 4.21. The highest BCUT2D eigenvalue weighted by molar-refractivity contribution is 6.05. The van der Waals surface area contributed by atoms with Crippen molar-refractivity contribution in [1.82, 2.24) is 14.6 Å². The molecule has 0 unspecified atom stereocenters. The average Bonchev–Trinajstić information content (AvgIpc) is 3.71. The number of amidine groups is 1. The number of nitro benzene ring substituents is 1. The summed E-state index contributed by atoms with van der Waals surface area (Å²) in [7, 11) is 0. The van der Waals surface area contributed by atoms with E-state index < -0.39 is 28.4 Å². The lowest BCUT2D eigenvalue weighted by molar-refractivity contribution is -0.384. The van der Waals surface area contributed by atoms with Crippen molar-refractivity contribution in [1.29, 1.82) is 0 Å². The van der Waals surface area contributed by atoms with Crippen LogP contribution < -0.4 is 15.3 Å². The highest BCUT2D eigenvalue weighted by atomic mass is 16.8. The van der Waals surface area contributed by atoms with Gasteiger partial charge in [-0.15, -0.1) is 0 Å². The number of hydrazone groups is 2. The van der Waals surface area contributed by atoms with Crippen LogP contribution in [0.25, 0.3) is 22.2 Å². The number of aromatic nitrogens is 2. The van der Waals surface area contributed by atoms with Crippen LogP contribution >= 0.6 is 0 Å². The van der Waals surface area contributed by atoms with Gasteiger partial charge in [-0.1, -0.05) is 146 Å². The van der Waals surface area contributed by atoms with Crippen LogP contribution in [0.1, 0.15) is 58.9 Å². The lowest BCUT2D eigenvalue weighted by Crippen LogP contribution is -2.49. The molecule has 0 aliphatic rings. The van der Waals surface area contributed by atoms with Crippen LogP contribution in [-0.4, -0.2) is 56.6 Å². The highest BCUT2D eigenvalue weighted by Crippen LogP contribution is 2.44. The second-order valence-electron chi connectivity index (χ2n) is 16.0. The minimum absolute atomic E-state index is 0.000416. The van der Waals surface area contributed by atoms with Gasteiger partial charge in [-0.05, 0) is 64.6 Å². The second kappa shape index (κ2) is 20.2. The first-order valence-electron chi connectivity index (χ1n) is 21.9. The van der Waals surface area contributed by atoms with Gasteiger partial charge < -0.3 is 24.8 Å². The zero-order chi connectivity index (χ0) is 48.5. The Morgan fingerprint density at radius 2 is 1.30 bits per heavy atom. The quantitative estimate of drug-likeness (QED) is 0.0112. The summed E-state index contributed by atoms with van der Waals surface area (Å²) in [6.07, 6.45) is -1.18. The van der Waals surface area contributed by atoms with Gasteiger partial charge in [0.1, 0.15) is 11.3 Å². The SMILES string of the molecule is C=NN(/C(=N\N)c1ccccc1-c1ccc(Cn2c(OCC)nc3cccc(C(=O)OC(C)(C)OC(=O)Oc4ccc([N+](=O)[O-])cc4)c32)cc1)C(c1ccccc1)(c1ccccc1)c1ccccc1. The number of nitro groups is 1. The number of nitrogens with two attached hydrogens (primary N) is 1. The van der Waals surface area contributed by atoms with Crippen molar-refractivity contribution in [2.24, 2.45) is 16.0 Å². The zero-order valence-corrected chi connectivity index (χ0v) is 38.0. The molecule has 0 radical (unpaired) electrons. The molecule has 1 heterocycles. The molecule has 0 saturated carbocycles. The fraction of sp³-hybridized carbons (Fsp3) is 0.130. The van der Waals surface area contributed by atoms with Crippen molar-refractivity contribution in [3.63, 3.8) is 0 Å². The number of ether oxygens (including phenoxy) is 4. The summed E-state index contributed by atoms with van der Waals surface area (Å²) in [5.41, 5.74) is 5.85. The molecular formula is C54H47N7O8. The summed E-state index contributed by atoms with van der Waals surface area (Å²) in [6, 6.07) is 56.2. The number of imidazole rings is 1. The first-order valence-corrected chi connectivity index (χ1v) is 21.9. The highest BCUT2D eigenvalue weighted by Gasteiger charge is 2.45. The molecule has 8 rings (SSSR count). The number of nitrogens with zero attached hydrogens (tertiary/aromatic N) is 6. The van der Waals surface area contributed by atoms with Crippen LogP contribution in [0, 0.1) is 10.1 Å². The van der Waals surface area contributed by atoms with E-state index in [2.05, 4.69) is 48.2 Å². The van der Waals surface area contributed by atoms with Crippen LogP contribution in [0.15, 0.2) is 192 Å². The van der Waals surface area contributed by atoms with E-state index in [0.29, 0.717) is 29.0 Å². The van der Waals surface area contributed by atoms with E-state index in [0.717, 1.165) is 33.4 Å². The van der Waals surface area contributed by atoms with Crippen molar-refractivity contribution in [3.05, 3.63) is 225 Å². The maximum atomic E-state index is 13.9. The lowest BCUT2D eigenvalue weighted by atomic mass is 9.76. The Labute approximate surface area is 397 Å². The maximum Gasteiger partial charge on any atom is 0.517 e. The summed E-state index contributed by atoms with van der Waals surface area (Å²) in [5, 5.41) is 22.0.